The van der Waals surface area contributed by atoms with Crippen molar-refractivity contribution in [2.45, 2.75) is 19.4 Å². The van der Waals surface area contributed by atoms with Gasteiger partial charge in [0.15, 0.2) is 0 Å². The van der Waals surface area contributed by atoms with Crippen LogP contribution in [0.5, 0.6) is 0 Å². The van der Waals surface area contributed by atoms with Crippen LogP contribution in [-0.4, -0.2) is 34.8 Å². The van der Waals surface area contributed by atoms with Crippen molar-refractivity contribution in [1.29, 1.82) is 0 Å². The summed E-state index contributed by atoms with van der Waals surface area (Å²) in [6.45, 7) is 2.44. The van der Waals surface area contributed by atoms with Crippen molar-refractivity contribution in [1.82, 2.24) is 9.88 Å². The highest BCUT2D eigenvalue weighted by atomic mass is 16.2. The number of hydrogen-bond donors (Lipinski definition) is 2. The van der Waals surface area contributed by atoms with Crippen LogP contribution in [0.1, 0.15) is 28.8 Å². The molecule has 6 heteroatoms. The maximum atomic E-state index is 12.7. The lowest BCUT2D eigenvalue weighted by Gasteiger charge is -2.30. The van der Waals surface area contributed by atoms with Crippen molar-refractivity contribution in [2.24, 2.45) is 11.7 Å². The molecule has 0 aliphatic carbocycles. The molecule has 0 radical (unpaired) electrons. The molecule has 2 aromatic carbocycles. The van der Waals surface area contributed by atoms with Gasteiger partial charge in [0.05, 0.1) is 5.52 Å². The van der Waals surface area contributed by atoms with Crippen molar-refractivity contribution in [2.75, 3.05) is 18.4 Å². The monoisotopic (exact) mass is 388 g/mol. The Morgan fingerprint density at radius 3 is 2.69 bits per heavy atom. The van der Waals surface area contributed by atoms with E-state index in [1.54, 1.807) is 6.20 Å². The first-order valence-corrected chi connectivity index (χ1v) is 9.85. The van der Waals surface area contributed by atoms with E-state index in [0.29, 0.717) is 5.56 Å². The third-order valence-electron chi connectivity index (χ3n) is 5.45. The summed E-state index contributed by atoms with van der Waals surface area (Å²) in [5.41, 5.74) is 8.67. The van der Waals surface area contributed by atoms with Crippen LogP contribution in [-0.2, 0) is 11.3 Å². The Kier molecular flexibility index (Phi) is 5.53. The van der Waals surface area contributed by atoms with E-state index in [1.807, 2.05) is 54.6 Å². The molecule has 29 heavy (non-hydrogen) atoms. The number of hydrogen-bond acceptors (Lipinski definition) is 4. The highest BCUT2D eigenvalue weighted by molar-refractivity contribution is 6.05. The lowest BCUT2D eigenvalue weighted by atomic mass is 9.96. The third kappa shape index (κ3) is 4.60. The Morgan fingerprint density at radius 1 is 1.07 bits per heavy atom. The molecule has 2 heterocycles. The number of nitrogens with one attached hydrogen (secondary N) is 1. The van der Waals surface area contributed by atoms with Crippen molar-refractivity contribution in [3.05, 3.63) is 71.9 Å². The lowest BCUT2D eigenvalue weighted by Crippen LogP contribution is -2.38. The molecule has 3 aromatic rings. The fourth-order valence-electron chi connectivity index (χ4n) is 3.79. The summed E-state index contributed by atoms with van der Waals surface area (Å²) in [4.78, 5) is 30.7. The number of anilines is 1. The van der Waals surface area contributed by atoms with Crippen LogP contribution in [0.4, 0.5) is 5.69 Å². The summed E-state index contributed by atoms with van der Waals surface area (Å²) < 4.78 is 0. The normalized spacial score (nSPS) is 15.3. The number of primary amides is 1. The Hall–Kier alpha value is -3.25. The van der Waals surface area contributed by atoms with Gasteiger partial charge in [-0.1, -0.05) is 24.3 Å². The fraction of sp³-hybridized carbons (Fsp3) is 0.261. The Bertz CT molecular complexity index is 1040. The minimum Gasteiger partial charge on any atom is -0.369 e. The first-order valence-electron chi connectivity index (χ1n) is 9.85. The van der Waals surface area contributed by atoms with Gasteiger partial charge in [-0.25, -0.2) is 0 Å². The van der Waals surface area contributed by atoms with E-state index in [2.05, 4.69) is 15.2 Å². The van der Waals surface area contributed by atoms with Crippen LogP contribution >= 0.6 is 0 Å². The number of pyridine rings is 1. The number of nitrogens with zero attached hydrogens (tertiary/aromatic N) is 2. The highest BCUT2D eigenvalue weighted by Crippen LogP contribution is 2.20. The lowest BCUT2D eigenvalue weighted by molar-refractivity contribution is -0.123. The Balaban J connectivity index is 1.41. The van der Waals surface area contributed by atoms with Crippen molar-refractivity contribution >= 4 is 28.4 Å². The van der Waals surface area contributed by atoms with Gasteiger partial charge >= 0.3 is 0 Å². The minimum atomic E-state index is -0.202. The number of benzene rings is 2. The predicted octanol–water partition coefficient (Wildman–Crippen LogP) is 3.18. The molecular formula is C23H24N4O2. The summed E-state index contributed by atoms with van der Waals surface area (Å²) >= 11 is 0. The van der Waals surface area contributed by atoms with Crippen LogP contribution in [0.2, 0.25) is 0 Å². The number of carbonyl (C=O) groups is 2. The smallest absolute Gasteiger partial charge is 0.255 e. The van der Waals surface area contributed by atoms with Gasteiger partial charge in [-0.3, -0.25) is 19.5 Å². The molecule has 6 nitrogen and oxygen atoms in total. The van der Waals surface area contributed by atoms with Gasteiger partial charge in [-0.05, 0) is 61.8 Å². The van der Waals surface area contributed by atoms with E-state index in [0.717, 1.165) is 54.6 Å². The van der Waals surface area contributed by atoms with Gasteiger partial charge in [-0.15, -0.1) is 0 Å². The molecule has 0 saturated carbocycles. The molecule has 0 unspecified atom stereocenters. The molecule has 1 aromatic heterocycles. The number of likely N-dealkylation sites (tertiary alicyclic amines) is 1. The van der Waals surface area contributed by atoms with Crippen LogP contribution in [0.15, 0.2) is 60.8 Å². The second kappa shape index (κ2) is 8.41. The first kappa shape index (κ1) is 19.1. The summed E-state index contributed by atoms with van der Waals surface area (Å²) in [5, 5.41) is 3.99. The standard InChI is InChI=1S/C23H24N4O2/c24-22(28)18-8-11-27(12-9-18)15-16-3-1-4-19(13-16)23(29)26-20-7-6-17-5-2-10-25-21(17)14-20/h1-7,10,13-14,18H,8-9,11-12,15H2,(H2,24,28)(H,26,29). The minimum absolute atomic E-state index is 0.0141. The van der Waals surface area contributed by atoms with E-state index in [9.17, 15) is 9.59 Å². The molecule has 1 fully saturated rings. The largest absolute Gasteiger partial charge is 0.369 e. The van der Waals surface area contributed by atoms with Gasteiger partial charge in [0.2, 0.25) is 5.91 Å². The van der Waals surface area contributed by atoms with Crippen molar-refractivity contribution < 1.29 is 9.59 Å². The summed E-state index contributed by atoms with van der Waals surface area (Å²) in [7, 11) is 0. The van der Waals surface area contributed by atoms with Gasteiger partial charge in [0.1, 0.15) is 0 Å². The van der Waals surface area contributed by atoms with Crippen LogP contribution < -0.4 is 11.1 Å². The quantitative estimate of drug-likeness (QED) is 0.703. The van der Waals surface area contributed by atoms with Gasteiger partial charge in [-0.2, -0.15) is 0 Å². The highest BCUT2D eigenvalue weighted by Gasteiger charge is 2.23. The molecular weight excluding hydrogens is 364 g/mol. The molecule has 1 saturated heterocycles. The number of fused-ring (bicyclic) bond motifs is 1. The van der Waals surface area contributed by atoms with Gasteiger partial charge in [0, 0.05) is 35.3 Å². The number of amides is 2. The fourth-order valence-corrected chi connectivity index (χ4v) is 3.79. The second-order valence-electron chi connectivity index (χ2n) is 7.52. The molecule has 1 aliphatic rings. The number of piperidine rings is 1. The van der Waals surface area contributed by atoms with Crippen molar-refractivity contribution in [3.63, 3.8) is 0 Å². The SMILES string of the molecule is NC(=O)C1CCN(Cc2cccc(C(=O)Nc3ccc4cccnc4c3)c2)CC1. The van der Waals surface area contributed by atoms with E-state index in [4.69, 9.17) is 5.73 Å². The Labute approximate surface area is 169 Å². The first-order chi connectivity index (χ1) is 14.1. The molecule has 2 amide bonds. The van der Waals surface area contributed by atoms with Crippen LogP contribution in [0, 0.1) is 5.92 Å². The Morgan fingerprint density at radius 2 is 1.90 bits per heavy atom. The summed E-state index contributed by atoms with van der Waals surface area (Å²) in [6, 6.07) is 17.3. The topological polar surface area (TPSA) is 88.3 Å². The van der Waals surface area contributed by atoms with Gasteiger partial charge in [0.25, 0.3) is 5.91 Å². The van der Waals surface area contributed by atoms with Crippen LogP contribution in [0.25, 0.3) is 10.9 Å². The zero-order valence-electron chi connectivity index (χ0n) is 16.2. The molecule has 0 bridgehead atoms. The summed E-state index contributed by atoms with van der Waals surface area (Å²) in [6.07, 6.45) is 3.33. The second-order valence-corrected chi connectivity index (χ2v) is 7.52. The third-order valence-corrected chi connectivity index (χ3v) is 5.45. The van der Waals surface area contributed by atoms with Crippen LogP contribution in [0.3, 0.4) is 0 Å². The van der Waals surface area contributed by atoms with E-state index < -0.39 is 0 Å². The molecule has 0 atom stereocenters. The van der Waals surface area contributed by atoms with E-state index >= 15 is 0 Å². The van der Waals surface area contributed by atoms with E-state index in [1.165, 1.54) is 0 Å². The molecule has 148 valence electrons. The number of carbonyl (C=O) groups excluding carboxylic acids is 2. The molecule has 4 rings (SSSR count). The average Bonchev–Trinajstić information content (AvgIpc) is 2.74. The number of aromatic nitrogens is 1. The van der Waals surface area contributed by atoms with Gasteiger partial charge < -0.3 is 11.1 Å². The molecule has 3 N–H and O–H groups in total. The maximum Gasteiger partial charge on any atom is 0.255 e. The molecule has 0 spiro atoms. The maximum absolute atomic E-state index is 12.7. The zero-order valence-corrected chi connectivity index (χ0v) is 16.2. The number of nitrogens with two attached hydrogens (primary N) is 1. The van der Waals surface area contributed by atoms with E-state index in [-0.39, 0.29) is 17.7 Å². The zero-order chi connectivity index (χ0) is 20.2. The molecule has 1 aliphatic heterocycles. The number of rotatable bonds is 5. The average molecular weight is 388 g/mol. The summed E-state index contributed by atoms with van der Waals surface area (Å²) in [5.74, 6) is -0.360. The van der Waals surface area contributed by atoms with Crippen molar-refractivity contribution in [3.8, 4) is 0 Å². The predicted molar refractivity (Wildman–Crippen MR) is 113 cm³/mol.